The molecule has 2 aliphatic rings. The highest BCUT2D eigenvalue weighted by Crippen LogP contribution is 2.34. The maximum Gasteiger partial charge on any atom is 0.259 e. The molecule has 2 aliphatic carbocycles. The first kappa shape index (κ1) is 23.2. The van der Waals surface area contributed by atoms with Crippen molar-refractivity contribution in [1.29, 1.82) is 0 Å². The molecule has 1 heterocycles. The molecule has 1 aromatic heterocycles. The molecule has 1 aromatic carbocycles. The maximum absolute atomic E-state index is 13.2. The van der Waals surface area contributed by atoms with Crippen molar-refractivity contribution < 1.29 is 14.7 Å². The van der Waals surface area contributed by atoms with Gasteiger partial charge < -0.3 is 19.9 Å². The molecule has 0 radical (unpaired) electrons. The highest BCUT2D eigenvalue weighted by atomic mass is 16.3. The van der Waals surface area contributed by atoms with Crippen LogP contribution in [0.5, 0.6) is 0 Å². The van der Waals surface area contributed by atoms with E-state index in [9.17, 15) is 19.5 Å². The number of likely N-dealkylation sites (N-methyl/N-ethyl adjacent to an activating group) is 1. The highest BCUT2D eigenvalue weighted by molar-refractivity contribution is 5.99. The normalized spacial score (nSPS) is 17.4. The third-order valence-corrected chi connectivity index (χ3v) is 6.74. The number of benzene rings is 1. The van der Waals surface area contributed by atoms with Crippen LogP contribution < -0.4 is 10.7 Å². The van der Waals surface area contributed by atoms with Crippen molar-refractivity contribution in [2.24, 2.45) is 5.92 Å². The van der Waals surface area contributed by atoms with Gasteiger partial charge >= 0.3 is 0 Å². The Labute approximate surface area is 194 Å². The molecule has 7 nitrogen and oxygen atoms in total. The Kier molecular flexibility index (Phi) is 7.28. The minimum atomic E-state index is -0.868. The van der Waals surface area contributed by atoms with Crippen LogP contribution in [0, 0.1) is 5.92 Å². The Morgan fingerprint density at radius 3 is 2.39 bits per heavy atom. The molecule has 0 unspecified atom stereocenters. The first-order valence-electron chi connectivity index (χ1n) is 12.0. The fourth-order valence-corrected chi connectivity index (χ4v) is 4.55. The molecule has 4 rings (SSSR count). The number of hydrogen-bond donors (Lipinski definition) is 2. The van der Waals surface area contributed by atoms with E-state index in [1.807, 2.05) is 22.8 Å². The average molecular weight is 452 g/mol. The smallest absolute Gasteiger partial charge is 0.259 e. The molecule has 2 saturated carbocycles. The zero-order chi connectivity index (χ0) is 23.4. The third kappa shape index (κ3) is 5.71. The summed E-state index contributed by atoms with van der Waals surface area (Å²) in [5.41, 5.74) is 0.123. The minimum Gasteiger partial charge on any atom is -0.387 e. The number of rotatable bonds is 8. The van der Waals surface area contributed by atoms with E-state index in [1.54, 1.807) is 31.6 Å². The second kappa shape index (κ2) is 10.3. The fourth-order valence-electron chi connectivity index (χ4n) is 4.55. The number of aliphatic hydroxyl groups is 1. The first-order valence-corrected chi connectivity index (χ1v) is 12.0. The number of amides is 2. The molecule has 2 fully saturated rings. The summed E-state index contributed by atoms with van der Waals surface area (Å²) in [7, 11) is 1.56. The van der Waals surface area contributed by atoms with Gasteiger partial charge in [-0.1, -0.05) is 49.6 Å². The lowest BCUT2D eigenvalue weighted by atomic mass is 9.89. The molecule has 7 heteroatoms. The molecular formula is C26H33N3O4. The van der Waals surface area contributed by atoms with E-state index in [0.29, 0.717) is 18.0 Å². The molecule has 0 spiro atoms. The quantitative estimate of drug-likeness (QED) is 0.644. The van der Waals surface area contributed by atoms with Crippen LogP contribution >= 0.6 is 0 Å². The van der Waals surface area contributed by atoms with Crippen molar-refractivity contribution in [3.05, 3.63) is 69.6 Å². The van der Waals surface area contributed by atoms with Gasteiger partial charge in [0.2, 0.25) is 5.43 Å². The van der Waals surface area contributed by atoms with Gasteiger partial charge in [-0.25, -0.2) is 0 Å². The van der Waals surface area contributed by atoms with E-state index in [0.717, 1.165) is 25.7 Å². The Hall–Kier alpha value is -2.93. The average Bonchev–Trinajstić information content (AvgIpc) is 3.69. The van der Waals surface area contributed by atoms with Crippen LogP contribution in [0.15, 0.2) is 47.5 Å². The van der Waals surface area contributed by atoms with Crippen LogP contribution in [0.3, 0.4) is 0 Å². The Bertz CT molecular complexity index is 1040. The van der Waals surface area contributed by atoms with E-state index in [4.69, 9.17) is 0 Å². The number of hydrogen-bond acceptors (Lipinski definition) is 4. The van der Waals surface area contributed by atoms with Crippen LogP contribution in [0.2, 0.25) is 0 Å². The summed E-state index contributed by atoms with van der Waals surface area (Å²) in [4.78, 5) is 40.6. The molecule has 0 aliphatic heterocycles. The SMILES string of the molecule is CN(C[C@@H](O)c1ccccc1)C(=O)c1cn(C2CC2)cc(C(=O)NCC2CCCCC2)c1=O. The van der Waals surface area contributed by atoms with Crippen LogP contribution in [0.25, 0.3) is 0 Å². The van der Waals surface area contributed by atoms with Crippen molar-refractivity contribution in [3.8, 4) is 0 Å². The second-order valence-corrected chi connectivity index (χ2v) is 9.42. The van der Waals surface area contributed by atoms with E-state index in [-0.39, 0.29) is 23.7 Å². The predicted molar refractivity (Wildman–Crippen MR) is 126 cm³/mol. The lowest BCUT2D eigenvalue weighted by Crippen LogP contribution is -2.38. The van der Waals surface area contributed by atoms with E-state index >= 15 is 0 Å². The number of carbonyl (C=O) groups is 2. The molecular weight excluding hydrogens is 418 g/mol. The van der Waals surface area contributed by atoms with Gasteiger partial charge in [-0.05, 0) is 37.2 Å². The van der Waals surface area contributed by atoms with Crippen LogP contribution in [-0.2, 0) is 0 Å². The first-order chi connectivity index (χ1) is 15.9. The summed E-state index contributed by atoms with van der Waals surface area (Å²) in [6.45, 7) is 0.604. The standard InChI is InChI=1S/C26H33N3O4/c1-28(17-23(30)19-10-6-3-7-11-19)26(33)22-16-29(20-12-13-20)15-21(24(22)31)25(32)27-14-18-8-4-2-5-9-18/h3,6-7,10-11,15-16,18,20,23,30H,2,4-5,8-9,12-14,17H2,1H3,(H,27,32)/t23-/m1/s1. The number of nitrogens with one attached hydrogen (secondary N) is 1. The number of pyridine rings is 1. The fraction of sp³-hybridized carbons (Fsp3) is 0.500. The van der Waals surface area contributed by atoms with Gasteiger partial charge in [0.25, 0.3) is 11.8 Å². The van der Waals surface area contributed by atoms with Crippen LogP contribution in [0.4, 0.5) is 0 Å². The lowest BCUT2D eigenvalue weighted by Gasteiger charge is -2.22. The van der Waals surface area contributed by atoms with Gasteiger partial charge in [0.05, 0.1) is 12.6 Å². The van der Waals surface area contributed by atoms with Crippen molar-refractivity contribution in [3.63, 3.8) is 0 Å². The van der Waals surface area contributed by atoms with Crippen molar-refractivity contribution >= 4 is 11.8 Å². The van der Waals surface area contributed by atoms with Gasteiger partial charge in [0.1, 0.15) is 11.1 Å². The molecule has 33 heavy (non-hydrogen) atoms. The van der Waals surface area contributed by atoms with Gasteiger partial charge in [-0.15, -0.1) is 0 Å². The molecule has 2 aromatic rings. The van der Waals surface area contributed by atoms with Crippen LogP contribution in [-0.4, -0.2) is 46.5 Å². The predicted octanol–water partition coefficient (Wildman–Crippen LogP) is 3.30. The topological polar surface area (TPSA) is 91.6 Å². The zero-order valence-corrected chi connectivity index (χ0v) is 19.2. The summed E-state index contributed by atoms with van der Waals surface area (Å²) < 4.78 is 1.83. The summed E-state index contributed by atoms with van der Waals surface area (Å²) in [6, 6.07) is 9.30. The second-order valence-electron chi connectivity index (χ2n) is 9.42. The molecule has 176 valence electrons. The third-order valence-electron chi connectivity index (χ3n) is 6.74. The number of carbonyl (C=O) groups excluding carboxylic acids is 2. The van der Waals surface area contributed by atoms with Gasteiger partial charge in [0.15, 0.2) is 0 Å². The van der Waals surface area contributed by atoms with Crippen LogP contribution in [0.1, 0.15) is 83.4 Å². The monoisotopic (exact) mass is 451 g/mol. The molecule has 2 N–H and O–H groups in total. The molecule has 0 bridgehead atoms. The summed E-state index contributed by atoms with van der Waals surface area (Å²) in [6.07, 6.45) is 10.0. The van der Waals surface area contributed by atoms with Gasteiger partial charge in [0, 0.05) is 32.0 Å². The summed E-state index contributed by atoms with van der Waals surface area (Å²) in [5, 5.41) is 13.4. The Balaban J connectivity index is 1.52. The van der Waals surface area contributed by atoms with E-state index < -0.39 is 23.3 Å². The maximum atomic E-state index is 13.2. The highest BCUT2D eigenvalue weighted by Gasteiger charge is 2.28. The molecule has 2 amide bonds. The van der Waals surface area contributed by atoms with Gasteiger partial charge in [-0.3, -0.25) is 14.4 Å². The number of aromatic nitrogens is 1. The minimum absolute atomic E-state index is 0.0144. The number of nitrogens with zero attached hydrogens (tertiary/aromatic N) is 2. The van der Waals surface area contributed by atoms with Gasteiger partial charge in [-0.2, -0.15) is 0 Å². The zero-order valence-electron chi connectivity index (χ0n) is 19.2. The summed E-state index contributed by atoms with van der Waals surface area (Å²) >= 11 is 0. The van der Waals surface area contributed by atoms with Crippen molar-refractivity contribution in [1.82, 2.24) is 14.8 Å². The lowest BCUT2D eigenvalue weighted by molar-refractivity contribution is 0.0679. The Morgan fingerprint density at radius 2 is 1.73 bits per heavy atom. The number of aliphatic hydroxyl groups excluding tert-OH is 1. The Morgan fingerprint density at radius 1 is 1.06 bits per heavy atom. The molecule has 0 saturated heterocycles. The largest absolute Gasteiger partial charge is 0.387 e. The van der Waals surface area contributed by atoms with Crippen molar-refractivity contribution in [2.75, 3.05) is 20.1 Å². The van der Waals surface area contributed by atoms with Crippen molar-refractivity contribution in [2.45, 2.75) is 57.1 Å². The molecule has 1 atom stereocenters. The summed E-state index contributed by atoms with van der Waals surface area (Å²) in [5.74, 6) is -0.461. The van der Waals surface area contributed by atoms with E-state index in [2.05, 4.69) is 5.32 Å². The van der Waals surface area contributed by atoms with E-state index in [1.165, 1.54) is 24.2 Å².